The van der Waals surface area contributed by atoms with Gasteiger partial charge in [-0.05, 0) is 139 Å². The summed E-state index contributed by atoms with van der Waals surface area (Å²) in [6.07, 6.45) is 6.02. The summed E-state index contributed by atoms with van der Waals surface area (Å²) >= 11 is 0. The number of ether oxygens (including phenoxy) is 1. The minimum absolute atomic E-state index is 0.0123. The molecule has 0 bridgehead atoms. The first-order valence-electron chi connectivity index (χ1n) is 27.7. The van der Waals surface area contributed by atoms with Crippen LogP contribution in [0.15, 0.2) is 237 Å². The predicted molar refractivity (Wildman–Crippen MR) is 329 cm³/mol. The molecule has 80 heavy (non-hydrogen) atoms. The molecule has 6 heteroatoms. The molecule has 0 radical (unpaired) electrons. The molecule has 5 heterocycles. The molecule has 0 fully saturated rings. The Bertz CT molecular complexity index is 4770. The van der Waals surface area contributed by atoms with Crippen molar-refractivity contribution in [3.8, 4) is 78.9 Å². The molecule has 15 rings (SSSR count). The van der Waals surface area contributed by atoms with Crippen LogP contribution in [0.4, 0.5) is 0 Å². The van der Waals surface area contributed by atoms with E-state index in [1.54, 1.807) is 0 Å². The highest BCUT2D eigenvalue weighted by molar-refractivity contribution is 6.11. The van der Waals surface area contributed by atoms with Gasteiger partial charge in [0.15, 0.2) is 0 Å². The van der Waals surface area contributed by atoms with Crippen molar-refractivity contribution in [1.82, 2.24) is 18.7 Å². The molecule has 14 aromatic rings. The average Bonchev–Trinajstić information content (AvgIpc) is 3.76. The summed E-state index contributed by atoms with van der Waals surface area (Å²) in [4.78, 5) is 4.95. The number of pyridine rings is 1. The van der Waals surface area contributed by atoms with Crippen LogP contribution in [0.2, 0.25) is 0 Å². The van der Waals surface area contributed by atoms with Gasteiger partial charge in [-0.2, -0.15) is 0 Å². The van der Waals surface area contributed by atoms with Gasteiger partial charge >= 0.3 is 0 Å². The van der Waals surface area contributed by atoms with Gasteiger partial charge in [0.1, 0.15) is 17.3 Å². The van der Waals surface area contributed by atoms with E-state index < -0.39 is 0 Å². The smallest absolute Gasteiger partial charge is 0.269 e. The number of imidazole rings is 1. The zero-order valence-corrected chi connectivity index (χ0v) is 45.7. The van der Waals surface area contributed by atoms with Crippen molar-refractivity contribution in [3.63, 3.8) is 0 Å². The van der Waals surface area contributed by atoms with Gasteiger partial charge in [-0.25, -0.2) is 4.98 Å². The number of nitrogens with zero attached hydrogens (tertiary/aromatic N) is 5. The molecule has 0 atom stereocenters. The van der Waals surface area contributed by atoms with Crippen LogP contribution in [0.1, 0.15) is 52.7 Å². The number of benzene rings is 10. The number of para-hydroxylation sites is 4. The quantitative estimate of drug-likeness (QED) is 0.123. The van der Waals surface area contributed by atoms with Crippen LogP contribution in [0.5, 0.6) is 11.5 Å². The molecule has 0 aliphatic carbocycles. The van der Waals surface area contributed by atoms with Gasteiger partial charge in [0.25, 0.3) is 6.33 Å². The zero-order valence-electron chi connectivity index (χ0n) is 45.7. The Hall–Kier alpha value is -9.78. The van der Waals surface area contributed by atoms with Crippen LogP contribution >= 0.6 is 0 Å². The van der Waals surface area contributed by atoms with Crippen molar-refractivity contribution in [2.45, 2.75) is 52.4 Å². The molecule has 0 N–H and O–H groups in total. The Morgan fingerprint density at radius 3 is 1.60 bits per heavy atom. The summed E-state index contributed by atoms with van der Waals surface area (Å²) in [7, 11) is 0. The van der Waals surface area contributed by atoms with Crippen LogP contribution < -0.4 is 9.30 Å². The Morgan fingerprint density at radius 2 is 0.950 bits per heavy atom. The van der Waals surface area contributed by atoms with Crippen LogP contribution in [-0.2, 0) is 10.8 Å². The van der Waals surface area contributed by atoms with Crippen LogP contribution in [0.3, 0.4) is 0 Å². The second-order valence-electron chi connectivity index (χ2n) is 23.4. The molecule has 10 aromatic carbocycles. The minimum atomic E-state index is -0.0399. The molecule has 0 spiro atoms. The second kappa shape index (κ2) is 17.9. The van der Waals surface area contributed by atoms with Crippen molar-refractivity contribution >= 4 is 54.6 Å². The van der Waals surface area contributed by atoms with Crippen LogP contribution in [0.25, 0.3) is 122 Å². The lowest BCUT2D eigenvalue weighted by atomic mass is 9.85. The first-order valence-corrected chi connectivity index (χ1v) is 27.7. The van der Waals surface area contributed by atoms with Gasteiger partial charge in [-0.3, -0.25) is 13.7 Å². The molecule has 384 valence electrons. The molecule has 4 aromatic heterocycles. The van der Waals surface area contributed by atoms with Gasteiger partial charge in [0.05, 0.1) is 50.2 Å². The Balaban J connectivity index is 0.984. The predicted octanol–water partition coefficient (Wildman–Crippen LogP) is 18.7. The van der Waals surface area contributed by atoms with Crippen LogP contribution in [0, 0.1) is 6.33 Å². The van der Waals surface area contributed by atoms with Crippen molar-refractivity contribution < 1.29 is 9.30 Å². The molecule has 6 nitrogen and oxygen atoms in total. The molecule has 0 saturated carbocycles. The topological polar surface area (TPSA) is 40.8 Å². The Morgan fingerprint density at radius 1 is 0.400 bits per heavy atom. The SMILES string of the molecule is CC(C)(C)c1ccc(-c2cc3c4c(c2)n(-c2cccc(Oc5ccc6c7ccccc7n(-c7cc(C(C)(C)C)ccn7)c6c5)c2)[c-][n+]4-c2c(cccc2-n2c4ccccc4c4ccccc42)-c2ccccc2-c2ccccc2-3)cc1. The lowest BCUT2D eigenvalue weighted by Crippen LogP contribution is -2.32. The fourth-order valence-electron chi connectivity index (χ4n) is 12.5. The van der Waals surface area contributed by atoms with E-state index in [9.17, 15) is 0 Å². The first kappa shape index (κ1) is 47.4. The third-order valence-corrected chi connectivity index (χ3v) is 16.4. The number of fused-ring (bicyclic) bond motifs is 13. The van der Waals surface area contributed by atoms with Gasteiger partial charge < -0.3 is 9.30 Å². The van der Waals surface area contributed by atoms with Crippen molar-refractivity contribution in [1.29, 1.82) is 0 Å². The highest BCUT2D eigenvalue weighted by Gasteiger charge is 2.29. The fraction of sp³-hybridized carbons (Fsp3) is 0.108. The van der Waals surface area contributed by atoms with Crippen molar-refractivity contribution in [3.05, 3.63) is 254 Å². The lowest BCUT2D eigenvalue weighted by Gasteiger charge is -2.20. The van der Waals surface area contributed by atoms with E-state index in [2.05, 4.69) is 291 Å². The molecule has 0 saturated heterocycles. The van der Waals surface area contributed by atoms with E-state index in [-0.39, 0.29) is 10.8 Å². The summed E-state index contributed by atoms with van der Waals surface area (Å²) in [5.74, 6) is 2.32. The standard InChI is InChI=1S/C74H57N5O/c1-73(2,3)49-35-33-47(34-36-49)48-41-63-57-24-10-8-22-55(57)54-21-7-9-23-56(54)62-28-18-32-67(78-64-29-14-11-25-58(64)59-26-12-15-30-65(59)78)71(62)77-46-76(69(42-48)72(63)77)51-19-17-20-52(44-51)80-53-37-38-61-60-27-13-16-31-66(60)79(68(61)45-53)70-43-50(39-40-75-70)74(4,5)6/h7-45H,1-6H3. The van der Waals surface area contributed by atoms with E-state index in [0.29, 0.717) is 5.75 Å². The average molecular weight is 1030 g/mol. The zero-order chi connectivity index (χ0) is 54.0. The molecular formula is C74H57N5O. The van der Waals surface area contributed by atoms with E-state index in [4.69, 9.17) is 9.72 Å². The van der Waals surface area contributed by atoms with Crippen LogP contribution in [-0.4, -0.2) is 18.7 Å². The molecule has 0 unspecified atom stereocenters. The summed E-state index contributed by atoms with van der Waals surface area (Å²) < 4.78 is 16.3. The molecule has 1 aliphatic rings. The van der Waals surface area contributed by atoms with Gasteiger partial charge in [-0.15, -0.1) is 0 Å². The summed E-state index contributed by atoms with van der Waals surface area (Å²) in [6.45, 7) is 13.6. The third-order valence-electron chi connectivity index (χ3n) is 16.4. The second-order valence-corrected chi connectivity index (χ2v) is 23.4. The summed E-state index contributed by atoms with van der Waals surface area (Å²) in [5, 5.41) is 4.72. The first-order chi connectivity index (χ1) is 38.9. The van der Waals surface area contributed by atoms with Crippen molar-refractivity contribution in [2.24, 2.45) is 0 Å². The normalized spacial score (nSPS) is 12.4. The number of hydrogen-bond acceptors (Lipinski definition) is 2. The van der Waals surface area contributed by atoms with E-state index in [1.807, 2.05) is 12.3 Å². The number of aromatic nitrogens is 5. The van der Waals surface area contributed by atoms with Gasteiger partial charge in [0, 0.05) is 33.8 Å². The minimum Gasteiger partial charge on any atom is -0.458 e. The molecule has 1 aliphatic heterocycles. The van der Waals surface area contributed by atoms with Crippen molar-refractivity contribution in [2.75, 3.05) is 0 Å². The Kier molecular flexibility index (Phi) is 10.6. The van der Waals surface area contributed by atoms with E-state index >= 15 is 0 Å². The molecule has 0 amide bonds. The number of rotatable bonds is 6. The largest absolute Gasteiger partial charge is 0.458 e. The monoisotopic (exact) mass is 1030 g/mol. The molecular weight excluding hydrogens is 975 g/mol. The highest BCUT2D eigenvalue weighted by Crippen LogP contribution is 2.47. The fourth-order valence-corrected chi connectivity index (χ4v) is 12.5. The van der Waals surface area contributed by atoms with Gasteiger partial charge in [0.2, 0.25) is 0 Å². The summed E-state index contributed by atoms with van der Waals surface area (Å²) in [6, 6.07) is 83.9. The Labute approximate surface area is 465 Å². The maximum absolute atomic E-state index is 7.00. The van der Waals surface area contributed by atoms with E-state index in [1.165, 1.54) is 38.4 Å². The lowest BCUT2D eigenvalue weighted by molar-refractivity contribution is -0.571. The third kappa shape index (κ3) is 7.54. The maximum Gasteiger partial charge on any atom is 0.269 e. The van der Waals surface area contributed by atoms with E-state index in [0.717, 1.165) is 100 Å². The van der Waals surface area contributed by atoms with Gasteiger partial charge in [-0.1, -0.05) is 193 Å². The highest BCUT2D eigenvalue weighted by atomic mass is 16.5. The maximum atomic E-state index is 7.00. The number of hydrogen-bond donors (Lipinski definition) is 0. The summed E-state index contributed by atoms with van der Waals surface area (Å²) in [5.41, 5.74) is 21.1.